The van der Waals surface area contributed by atoms with E-state index < -0.39 is 7.14 Å². The van der Waals surface area contributed by atoms with Crippen LogP contribution >= 0.6 is 7.14 Å². The van der Waals surface area contributed by atoms with E-state index in [2.05, 4.69) is 59.3 Å². The Morgan fingerprint density at radius 3 is 1.78 bits per heavy atom. The molecule has 0 saturated carbocycles. The van der Waals surface area contributed by atoms with Crippen LogP contribution < -0.4 is 15.9 Å². The quantitative estimate of drug-likeness (QED) is 0.329. The molecule has 6 rings (SSSR count). The molecule has 3 heteroatoms. The van der Waals surface area contributed by atoms with Crippen LogP contribution in [0, 0.1) is 0 Å². The Kier molecular flexibility index (Phi) is 4.48. The van der Waals surface area contributed by atoms with Crippen molar-refractivity contribution in [1.82, 2.24) is 4.57 Å². The highest BCUT2D eigenvalue weighted by atomic mass is 31.2. The Morgan fingerprint density at radius 1 is 0.625 bits per heavy atom. The molecular weight excluding hydrogens is 409 g/mol. The summed E-state index contributed by atoms with van der Waals surface area (Å²) in [6, 6.07) is 38.8. The van der Waals surface area contributed by atoms with Crippen LogP contribution in [0.25, 0.3) is 16.8 Å². The summed E-state index contributed by atoms with van der Waals surface area (Å²) in [6.45, 7) is 0. The van der Waals surface area contributed by atoms with E-state index >= 15 is 4.57 Å². The predicted octanol–water partition coefficient (Wildman–Crippen LogP) is 5.69. The zero-order valence-electron chi connectivity index (χ0n) is 17.6. The fourth-order valence-corrected chi connectivity index (χ4v) is 7.75. The van der Waals surface area contributed by atoms with Gasteiger partial charge < -0.3 is 9.13 Å². The first kappa shape index (κ1) is 19.1. The van der Waals surface area contributed by atoms with Gasteiger partial charge in [-0.2, -0.15) is 0 Å². The van der Waals surface area contributed by atoms with Crippen LogP contribution in [0.1, 0.15) is 11.3 Å². The van der Waals surface area contributed by atoms with E-state index in [1.807, 2.05) is 66.7 Å². The highest BCUT2D eigenvalue weighted by molar-refractivity contribution is 7.85. The summed E-state index contributed by atoms with van der Waals surface area (Å²) < 4.78 is 17.5. The van der Waals surface area contributed by atoms with Gasteiger partial charge in [-0.25, -0.2) is 0 Å². The fourth-order valence-electron chi connectivity index (χ4n) is 4.86. The molecule has 0 fully saturated rings. The van der Waals surface area contributed by atoms with E-state index in [1.54, 1.807) is 0 Å². The van der Waals surface area contributed by atoms with Gasteiger partial charge in [0.25, 0.3) is 0 Å². The number of rotatable bonds is 4. The number of hydrogen-bond acceptors (Lipinski definition) is 1. The smallest absolute Gasteiger partial charge is 0.173 e. The molecule has 1 aliphatic rings. The summed E-state index contributed by atoms with van der Waals surface area (Å²) in [5.41, 5.74) is 5.90. The molecule has 4 aromatic carbocycles. The highest BCUT2D eigenvalue weighted by Crippen LogP contribution is 2.48. The third kappa shape index (κ3) is 2.84. The van der Waals surface area contributed by atoms with E-state index in [0.29, 0.717) is 0 Å². The van der Waals surface area contributed by atoms with E-state index in [4.69, 9.17) is 0 Å². The summed E-state index contributed by atoms with van der Waals surface area (Å²) in [4.78, 5) is 0. The van der Waals surface area contributed by atoms with Gasteiger partial charge in [0.2, 0.25) is 0 Å². The molecule has 0 N–H and O–H groups in total. The van der Waals surface area contributed by atoms with Gasteiger partial charge in [0.05, 0.1) is 0 Å². The van der Waals surface area contributed by atoms with Crippen molar-refractivity contribution in [3.05, 3.63) is 133 Å². The first-order chi connectivity index (χ1) is 15.8. The molecule has 0 aliphatic carbocycles. The second-order valence-corrected chi connectivity index (χ2v) is 10.9. The first-order valence-corrected chi connectivity index (χ1v) is 12.6. The zero-order valence-corrected chi connectivity index (χ0v) is 18.5. The Hall–Kier alpha value is -3.61. The number of fused-ring (bicyclic) bond motifs is 3. The van der Waals surface area contributed by atoms with Crippen molar-refractivity contribution in [3.63, 3.8) is 0 Å². The molecule has 2 heterocycles. The molecule has 32 heavy (non-hydrogen) atoms. The maximum atomic E-state index is 15.2. The van der Waals surface area contributed by atoms with Crippen LogP contribution in [0.5, 0.6) is 0 Å². The van der Waals surface area contributed by atoms with E-state index in [0.717, 1.165) is 33.5 Å². The van der Waals surface area contributed by atoms with Gasteiger partial charge in [-0.1, -0.05) is 109 Å². The molecule has 5 aromatic rings. The summed E-state index contributed by atoms with van der Waals surface area (Å²) in [5, 5.41) is 2.63. The monoisotopic (exact) mass is 431 g/mol. The number of nitrogens with zero attached hydrogens (tertiary/aromatic N) is 1. The molecule has 0 atom stereocenters. The van der Waals surface area contributed by atoms with Crippen molar-refractivity contribution in [2.45, 2.75) is 6.42 Å². The Bertz CT molecular complexity index is 1410. The van der Waals surface area contributed by atoms with Gasteiger partial charge in [-0.15, -0.1) is 0 Å². The predicted molar refractivity (Wildman–Crippen MR) is 133 cm³/mol. The maximum Gasteiger partial charge on any atom is 0.173 e. The summed E-state index contributed by atoms with van der Waals surface area (Å²) in [7, 11) is -3.10. The number of aromatic nitrogens is 1. The lowest BCUT2D eigenvalue weighted by Gasteiger charge is -2.21. The molecular formula is C29H22NOP. The molecule has 0 saturated heterocycles. The van der Waals surface area contributed by atoms with Gasteiger partial charge in [0.1, 0.15) is 0 Å². The number of benzene rings is 4. The van der Waals surface area contributed by atoms with Crippen LogP contribution in [0.4, 0.5) is 0 Å². The molecule has 1 aromatic heterocycles. The van der Waals surface area contributed by atoms with Crippen molar-refractivity contribution in [2.24, 2.45) is 0 Å². The average molecular weight is 431 g/mol. The molecule has 154 valence electrons. The van der Waals surface area contributed by atoms with Gasteiger partial charge >= 0.3 is 0 Å². The molecule has 0 bridgehead atoms. The lowest BCUT2D eigenvalue weighted by Crippen LogP contribution is -2.25. The molecule has 0 spiro atoms. The van der Waals surface area contributed by atoms with E-state index in [1.165, 1.54) is 16.9 Å². The molecule has 0 amide bonds. The lowest BCUT2D eigenvalue weighted by atomic mass is 10.0. The van der Waals surface area contributed by atoms with Crippen molar-refractivity contribution >= 4 is 23.1 Å². The van der Waals surface area contributed by atoms with Crippen LogP contribution in [-0.4, -0.2) is 4.57 Å². The standard InChI is InChI=1S/C29H22NOP/c31-32(24-15-6-2-7-16-24,25-17-8-3-9-18-25)28-21-30-26-19-11-10-14-23(26)20-27(30)29(28)22-12-4-1-5-13-22/h1-19,21H,20H2. The zero-order chi connectivity index (χ0) is 21.5. The van der Waals surface area contributed by atoms with Crippen LogP contribution in [0.15, 0.2) is 121 Å². The molecule has 0 unspecified atom stereocenters. The summed E-state index contributed by atoms with van der Waals surface area (Å²) >= 11 is 0. The minimum Gasteiger partial charge on any atom is -0.319 e. The van der Waals surface area contributed by atoms with Crippen LogP contribution in [-0.2, 0) is 11.0 Å². The van der Waals surface area contributed by atoms with Gasteiger partial charge in [-0.3, -0.25) is 0 Å². The third-order valence-electron chi connectivity index (χ3n) is 6.34. The molecule has 1 aliphatic heterocycles. The van der Waals surface area contributed by atoms with Gasteiger partial charge in [0, 0.05) is 45.5 Å². The van der Waals surface area contributed by atoms with Crippen molar-refractivity contribution in [3.8, 4) is 16.8 Å². The third-order valence-corrected chi connectivity index (χ3v) is 9.41. The maximum absolute atomic E-state index is 15.2. The topological polar surface area (TPSA) is 22.0 Å². The van der Waals surface area contributed by atoms with Gasteiger partial charge in [0.15, 0.2) is 7.14 Å². The average Bonchev–Trinajstić information content (AvgIpc) is 3.42. The van der Waals surface area contributed by atoms with Crippen molar-refractivity contribution in [2.75, 3.05) is 0 Å². The Labute approximate surface area is 188 Å². The Balaban J connectivity index is 1.71. The van der Waals surface area contributed by atoms with Crippen molar-refractivity contribution in [1.29, 1.82) is 0 Å². The van der Waals surface area contributed by atoms with E-state index in [-0.39, 0.29) is 0 Å². The summed E-state index contributed by atoms with van der Waals surface area (Å²) in [5.74, 6) is 0. The fraction of sp³-hybridized carbons (Fsp3) is 0.0345. The second-order valence-electron chi connectivity index (χ2n) is 8.16. The largest absolute Gasteiger partial charge is 0.319 e. The van der Waals surface area contributed by atoms with E-state index in [9.17, 15) is 0 Å². The highest BCUT2D eigenvalue weighted by Gasteiger charge is 2.37. The Morgan fingerprint density at radius 2 is 1.16 bits per heavy atom. The van der Waals surface area contributed by atoms with Crippen LogP contribution in [0.3, 0.4) is 0 Å². The van der Waals surface area contributed by atoms with Crippen molar-refractivity contribution < 1.29 is 4.57 Å². The minimum absolute atomic E-state index is 0.837. The summed E-state index contributed by atoms with van der Waals surface area (Å²) in [6.07, 6.45) is 2.97. The minimum atomic E-state index is -3.10. The second kappa shape index (κ2) is 7.51. The number of hydrogen-bond donors (Lipinski definition) is 0. The molecule has 0 radical (unpaired) electrons. The molecule has 2 nitrogen and oxygen atoms in total. The SMILES string of the molecule is O=P(c1ccccc1)(c1ccccc1)c1cn2c(c1-c1ccccc1)Cc1ccccc1-2. The van der Waals surface area contributed by atoms with Gasteiger partial charge in [-0.05, 0) is 17.2 Å². The van der Waals surface area contributed by atoms with Crippen LogP contribution in [0.2, 0.25) is 0 Å². The normalized spacial score (nSPS) is 12.4. The first-order valence-electron chi connectivity index (χ1n) is 10.9. The lowest BCUT2D eigenvalue weighted by molar-refractivity contribution is 0.592. The number of para-hydroxylation sites is 1.